The molecule has 0 aliphatic heterocycles. The highest BCUT2D eigenvalue weighted by atomic mass is 16.4. The van der Waals surface area contributed by atoms with Crippen LogP contribution in [0.3, 0.4) is 0 Å². The molecule has 0 aromatic carbocycles. The third-order valence-corrected chi connectivity index (χ3v) is 2.68. The van der Waals surface area contributed by atoms with Gasteiger partial charge in [0.15, 0.2) is 0 Å². The summed E-state index contributed by atoms with van der Waals surface area (Å²) in [5.41, 5.74) is -0.0723. The Bertz CT molecular complexity index is 301. The lowest BCUT2D eigenvalue weighted by molar-refractivity contribution is 0.210. The van der Waals surface area contributed by atoms with E-state index in [1.807, 2.05) is 0 Å². The molecule has 86 valence electrons. The Labute approximate surface area is 89.9 Å². The number of rotatable bonds is 6. The molecule has 0 amide bonds. The summed E-state index contributed by atoms with van der Waals surface area (Å²) in [4.78, 5) is 0. The molecule has 0 saturated heterocycles. The predicted molar refractivity (Wildman–Crippen MR) is 56.3 cm³/mol. The van der Waals surface area contributed by atoms with Crippen LogP contribution in [0.1, 0.15) is 38.5 Å². The predicted octanol–water partition coefficient (Wildman–Crippen LogP) is 1.02. The molecule has 0 bridgehead atoms. The Balaban J connectivity index is 2.47. The molecule has 1 heterocycles. The van der Waals surface area contributed by atoms with Gasteiger partial charge in [-0.25, -0.2) is 0 Å². The molecule has 1 rings (SSSR count). The van der Waals surface area contributed by atoms with Gasteiger partial charge in [0.05, 0.1) is 6.54 Å². The summed E-state index contributed by atoms with van der Waals surface area (Å²) in [6, 6.07) is 0. The molecule has 0 fully saturated rings. The highest BCUT2D eigenvalue weighted by molar-refractivity contribution is 4.85. The van der Waals surface area contributed by atoms with Crippen molar-refractivity contribution in [1.29, 1.82) is 0 Å². The first kappa shape index (κ1) is 12.1. The Kier molecular flexibility index (Phi) is 4.23. The molecule has 0 radical (unpaired) electrons. The second-order valence-corrected chi connectivity index (χ2v) is 3.96. The molecule has 0 aliphatic carbocycles. The first-order chi connectivity index (χ1) is 7.09. The van der Waals surface area contributed by atoms with Crippen molar-refractivity contribution in [3.8, 4) is 0 Å². The standard InChI is InChI=1S/C10H19N3O2/c1-4-10(3,5-6-14)11-7-9-13-12-8(2)15-9/h11,14H,4-7H2,1-3H3. The SMILES string of the molecule is CCC(C)(CCO)NCc1nnc(C)o1. The van der Waals surface area contributed by atoms with Crippen molar-refractivity contribution >= 4 is 0 Å². The molecule has 0 spiro atoms. The van der Waals surface area contributed by atoms with Crippen molar-refractivity contribution in [2.24, 2.45) is 0 Å². The average Bonchev–Trinajstić information content (AvgIpc) is 2.62. The highest BCUT2D eigenvalue weighted by Crippen LogP contribution is 2.14. The molecule has 1 atom stereocenters. The Morgan fingerprint density at radius 1 is 1.47 bits per heavy atom. The minimum atomic E-state index is -0.0723. The lowest BCUT2D eigenvalue weighted by Gasteiger charge is -2.28. The zero-order valence-corrected chi connectivity index (χ0v) is 9.58. The topological polar surface area (TPSA) is 71.2 Å². The Morgan fingerprint density at radius 2 is 2.20 bits per heavy atom. The number of hydrogen-bond donors (Lipinski definition) is 2. The van der Waals surface area contributed by atoms with E-state index in [0.717, 1.165) is 12.8 Å². The maximum absolute atomic E-state index is 8.94. The molecule has 0 saturated carbocycles. The van der Waals surface area contributed by atoms with Gasteiger partial charge in [0.25, 0.3) is 0 Å². The largest absolute Gasteiger partial charge is 0.424 e. The number of aliphatic hydroxyl groups is 1. The highest BCUT2D eigenvalue weighted by Gasteiger charge is 2.21. The van der Waals surface area contributed by atoms with E-state index < -0.39 is 0 Å². The van der Waals surface area contributed by atoms with E-state index in [-0.39, 0.29) is 12.1 Å². The summed E-state index contributed by atoms with van der Waals surface area (Å²) >= 11 is 0. The van der Waals surface area contributed by atoms with Crippen molar-refractivity contribution < 1.29 is 9.52 Å². The first-order valence-electron chi connectivity index (χ1n) is 5.24. The van der Waals surface area contributed by atoms with Crippen LogP contribution in [-0.2, 0) is 6.54 Å². The molecular formula is C10H19N3O2. The van der Waals surface area contributed by atoms with Gasteiger partial charge < -0.3 is 14.8 Å². The van der Waals surface area contributed by atoms with Crippen LogP contribution in [0.2, 0.25) is 0 Å². The van der Waals surface area contributed by atoms with E-state index in [9.17, 15) is 0 Å². The second kappa shape index (κ2) is 5.23. The van der Waals surface area contributed by atoms with Gasteiger partial charge in [-0.3, -0.25) is 0 Å². The molecule has 15 heavy (non-hydrogen) atoms. The summed E-state index contributed by atoms with van der Waals surface area (Å²) in [6.07, 6.45) is 1.66. The van der Waals surface area contributed by atoms with E-state index in [1.54, 1.807) is 6.92 Å². The Hall–Kier alpha value is -0.940. The lowest BCUT2D eigenvalue weighted by atomic mass is 9.95. The zero-order valence-electron chi connectivity index (χ0n) is 9.58. The summed E-state index contributed by atoms with van der Waals surface area (Å²) in [5, 5.41) is 19.9. The molecule has 1 unspecified atom stereocenters. The van der Waals surface area contributed by atoms with Crippen LogP contribution in [0.15, 0.2) is 4.42 Å². The van der Waals surface area contributed by atoms with Crippen LogP contribution in [0.25, 0.3) is 0 Å². The number of aromatic nitrogens is 2. The van der Waals surface area contributed by atoms with Crippen LogP contribution < -0.4 is 5.32 Å². The number of hydrogen-bond acceptors (Lipinski definition) is 5. The molecular weight excluding hydrogens is 194 g/mol. The van der Waals surface area contributed by atoms with Crippen LogP contribution in [0.4, 0.5) is 0 Å². The van der Waals surface area contributed by atoms with E-state index >= 15 is 0 Å². The molecule has 1 aromatic heterocycles. The van der Waals surface area contributed by atoms with Crippen molar-refractivity contribution in [3.63, 3.8) is 0 Å². The van der Waals surface area contributed by atoms with Gasteiger partial charge in [-0.1, -0.05) is 6.92 Å². The van der Waals surface area contributed by atoms with Crippen LogP contribution in [0.5, 0.6) is 0 Å². The van der Waals surface area contributed by atoms with Gasteiger partial charge in [0.2, 0.25) is 11.8 Å². The summed E-state index contributed by atoms with van der Waals surface area (Å²) in [7, 11) is 0. The monoisotopic (exact) mass is 213 g/mol. The fourth-order valence-corrected chi connectivity index (χ4v) is 1.33. The summed E-state index contributed by atoms with van der Waals surface area (Å²) in [5.74, 6) is 1.16. The van der Waals surface area contributed by atoms with Crippen molar-refractivity contribution in [1.82, 2.24) is 15.5 Å². The number of aryl methyl sites for hydroxylation is 1. The van der Waals surface area contributed by atoms with Gasteiger partial charge >= 0.3 is 0 Å². The molecule has 2 N–H and O–H groups in total. The smallest absolute Gasteiger partial charge is 0.230 e. The first-order valence-corrected chi connectivity index (χ1v) is 5.24. The maximum Gasteiger partial charge on any atom is 0.230 e. The second-order valence-electron chi connectivity index (χ2n) is 3.96. The van der Waals surface area contributed by atoms with E-state index in [4.69, 9.17) is 9.52 Å². The minimum absolute atomic E-state index is 0.0723. The van der Waals surface area contributed by atoms with E-state index in [0.29, 0.717) is 18.3 Å². The summed E-state index contributed by atoms with van der Waals surface area (Å²) in [6.45, 7) is 6.66. The average molecular weight is 213 g/mol. The van der Waals surface area contributed by atoms with Crippen LogP contribution >= 0.6 is 0 Å². The fraction of sp³-hybridized carbons (Fsp3) is 0.800. The molecule has 5 heteroatoms. The normalized spacial score (nSPS) is 15.2. The van der Waals surface area contributed by atoms with Crippen molar-refractivity contribution in [3.05, 3.63) is 11.8 Å². The lowest BCUT2D eigenvalue weighted by Crippen LogP contribution is -2.42. The quantitative estimate of drug-likeness (QED) is 0.738. The van der Waals surface area contributed by atoms with Crippen molar-refractivity contribution in [2.45, 2.75) is 45.7 Å². The van der Waals surface area contributed by atoms with E-state index in [2.05, 4.69) is 29.4 Å². The minimum Gasteiger partial charge on any atom is -0.424 e. The van der Waals surface area contributed by atoms with Crippen molar-refractivity contribution in [2.75, 3.05) is 6.61 Å². The van der Waals surface area contributed by atoms with Crippen LogP contribution in [0, 0.1) is 6.92 Å². The number of nitrogens with zero attached hydrogens (tertiary/aromatic N) is 2. The van der Waals surface area contributed by atoms with Gasteiger partial charge in [-0.15, -0.1) is 10.2 Å². The summed E-state index contributed by atoms with van der Waals surface area (Å²) < 4.78 is 5.25. The number of nitrogens with one attached hydrogen (secondary N) is 1. The van der Waals surface area contributed by atoms with Crippen LogP contribution in [-0.4, -0.2) is 27.4 Å². The molecule has 1 aromatic rings. The van der Waals surface area contributed by atoms with Gasteiger partial charge in [0.1, 0.15) is 0 Å². The van der Waals surface area contributed by atoms with E-state index in [1.165, 1.54) is 0 Å². The molecule has 5 nitrogen and oxygen atoms in total. The third kappa shape index (κ3) is 3.60. The van der Waals surface area contributed by atoms with Gasteiger partial charge in [-0.05, 0) is 19.8 Å². The Morgan fingerprint density at radius 3 is 2.67 bits per heavy atom. The van der Waals surface area contributed by atoms with Gasteiger partial charge in [-0.2, -0.15) is 0 Å². The fourth-order valence-electron chi connectivity index (χ4n) is 1.33. The maximum atomic E-state index is 8.94. The molecule has 0 aliphatic rings. The zero-order chi connectivity index (χ0) is 11.3. The van der Waals surface area contributed by atoms with Gasteiger partial charge in [0, 0.05) is 19.1 Å². The number of aliphatic hydroxyl groups excluding tert-OH is 1. The third-order valence-electron chi connectivity index (χ3n) is 2.68.